The number of amides is 1. The van der Waals surface area contributed by atoms with Crippen LogP contribution in [0.1, 0.15) is 18.2 Å². The third-order valence-corrected chi connectivity index (χ3v) is 2.84. The van der Waals surface area contributed by atoms with Gasteiger partial charge >= 0.3 is 5.91 Å². The van der Waals surface area contributed by atoms with Crippen LogP contribution >= 0.6 is 0 Å². The zero-order valence-corrected chi connectivity index (χ0v) is 13.5. The fourth-order valence-corrected chi connectivity index (χ4v) is 1.76. The van der Waals surface area contributed by atoms with Crippen LogP contribution in [0.5, 0.6) is 0 Å². The molecule has 0 bridgehead atoms. The molecule has 1 amide bonds. The van der Waals surface area contributed by atoms with Crippen LogP contribution in [0.25, 0.3) is 11.3 Å². The number of nitrogens with one attached hydrogen (secondary N) is 1. The molecule has 0 spiro atoms. The van der Waals surface area contributed by atoms with Gasteiger partial charge in [-0.05, 0) is 13.8 Å². The number of rotatable bonds is 1. The van der Waals surface area contributed by atoms with Crippen molar-refractivity contribution in [1.82, 2.24) is 0 Å². The monoisotopic (exact) mass is 341 g/mol. The summed E-state index contributed by atoms with van der Waals surface area (Å²) >= 11 is 0. The van der Waals surface area contributed by atoms with Gasteiger partial charge in [0.2, 0.25) is 5.36 Å². The van der Waals surface area contributed by atoms with Gasteiger partial charge in [-0.1, -0.05) is 30.3 Å². The highest BCUT2D eigenvalue weighted by Crippen LogP contribution is 2.18. The Morgan fingerprint density at radius 1 is 1.09 bits per heavy atom. The lowest BCUT2D eigenvalue weighted by Crippen LogP contribution is -2.80. The molecule has 1 aromatic carbocycles. The zero-order chi connectivity index (χ0) is 17.6. The molecule has 0 fully saturated rings. The summed E-state index contributed by atoms with van der Waals surface area (Å²) in [6.07, 6.45) is 0. The molecule has 0 aliphatic carbocycles. The van der Waals surface area contributed by atoms with Gasteiger partial charge < -0.3 is 4.42 Å². The lowest BCUT2D eigenvalue weighted by molar-refractivity contribution is -2.00. The van der Waals surface area contributed by atoms with Gasteiger partial charge in [0, 0.05) is 5.56 Å². The van der Waals surface area contributed by atoms with E-state index in [-0.39, 0.29) is 5.91 Å². The first-order valence-corrected chi connectivity index (χ1v) is 7.70. The number of halogens is 1. The molecule has 0 radical (unpaired) electrons. The fraction of sp³-hybridized carbons (Fsp3) is 0.200. The minimum Gasteiger partial charge on any atom is -0.461 e. The van der Waals surface area contributed by atoms with Crippen molar-refractivity contribution in [3.05, 3.63) is 53.1 Å². The smallest absolute Gasteiger partial charge is 0.382 e. The normalized spacial score (nSPS) is 11.7. The largest absolute Gasteiger partial charge is 0.461 e. The summed E-state index contributed by atoms with van der Waals surface area (Å²) < 4.78 is 39.7. The average molecular weight is 342 g/mol. The molecule has 1 N–H and O–H groups in total. The van der Waals surface area contributed by atoms with E-state index in [0.717, 1.165) is 28.0 Å². The van der Waals surface area contributed by atoms with Crippen LogP contribution in [0.15, 0.2) is 40.8 Å². The Morgan fingerprint density at radius 3 is 2.09 bits per heavy atom. The Balaban J connectivity index is 0.000000463. The van der Waals surface area contributed by atoms with E-state index in [9.17, 15) is 4.79 Å². The highest BCUT2D eigenvalue weighted by molar-refractivity contribution is 5.61. The minimum absolute atomic E-state index is 0.0808. The second-order valence-corrected chi connectivity index (χ2v) is 5.39. The minimum atomic E-state index is -4.94. The summed E-state index contributed by atoms with van der Waals surface area (Å²) in [6, 6.07) is 11.7. The fourth-order valence-electron chi connectivity index (χ4n) is 1.76. The highest BCUT2D eigenvalue weighted by Gasteiger charge is 2.09. The lowest BCUT2D eigenvalue weighted by atomic mass is 10.1. The van der Waals surface area contributed by atoms with Crippen LogP contribution in [0.3, 0.4) is 0 Å². The molecule has 0 saturated carbocycles. The van der Waals surface area contributed by atoms with Crippen LogP contribution in [-0.4, -0.2) is 5.91 Å². The van der Waals surface area contributed by atoms with E-state index in [4.69, 9.17) is 23.1 Å². The Hall–Kier alpha value is -2.03. The molecule has 2 rings (SSSR count). The summed E-state index contributed by atoms with van der Waals surface area (Å²) in [7, 11) is -4.94. The number of aryl methyl sites for hydroxylation is 1. The van der Waals surface area contributed by atoms with Crippen LogP contribution in [0.4, 0.5) is 0 Å². The van der Waals surface area contributed by atoms with Gasteiger partial charge in [-0.3, -0.25) is 0 Å². The van der Waals surface area contributed by atoms with Gasteiger partial charge in [0.05, 0.1) is 18.6 Å². The van der Waals surface area contributed by atoms with Crippen LogP contribution in [0.2, 0.25) is 0 Å². The number of benzene rings is 1. The molecule has 2 aromatic rings. The van der Waals surface area contributed by atoms with Crippen LogP contribution in [-0.2, 0) is 4.79 Å². The maximum Gasteiger partial charge on any atom is 0.382 e. The number of carbonyl (C=O) groups excluding carboxylic acids is 1. The van der Waals surface area contributed by atoms with Gasteiger partial charge in [-0.25, -0.2) is 23.4 Å². The maximum absolute atomic E-state index is 11.2. The number of hydrogen-bond acceptors (Lipinski definition) is 6. The quantitative estimate of drug-likeness (QED) is 0.567. The van der Waals surface area contributed by atoms with Crippen molar-refractivity contribution in [2.45, 2.75) is 20.8 Å². The second kappa shape index (κ2) is 8.00. The van der Waals surface area contributed by atoms with E-state index in [1.807, 2.05) is 50.2 Å². The van der Waals surface area contributed by atoms with Crippen molar-refractivity contribution in [2.24, 2.45) is 0 Å². The van der Waals surface area contributed by atoms with E-state index in [2.05, 4.69) is 4.99 Å². The summed E-state index contributed by atoms with van der Waals surface area (Å²) in [5.41, 5.74) is 1.94. The molecule has 0 unspecified atom stereocenters. The van der Waals surface area contributed by atoms with Gasteiger partial charge in [-0.2, -0.15) is 4.99 Å². The lowest BCUT2D eigenvalue weighted by Gasteiger charge is -2.17. The molecule has 7 nitrogen and oxygen atoms in total. The van der Waals surface area contributed by atoms with Gasteiger partial charge in [-0.15, -0.1) is 10.2 Å². The summed E-state index contributed by atoms with van der Waals surface area (Å²) in [4.78, 5) is 14.0. The highest BCUT2D eigenvalue weighted by atomic mass is 35.7. The predicted octanol–water partition coefficient (Wildman–Crippen LogP) is -3.66. The molecular formula is C15H16ClNO6. The second-order valence-electron chi connectivity index (χ2n) is 4.63. The van der Waals surface area contributed by atoms with E-state index < -0.39 is 10.2 Å². The molecule has 1 aromatic heterocycles. The molecule has 124 valence electrons. The van der Waals surface area contributed by atoms with Gasteiger partial charge in [0.15, 0.2) is 0 Å². The Morgan fingerprint density at radius 2 is 1.61 bits per heavy atom. The molecule has 0 aliphatic heterocycles. The molecule has 1 heterocycles. The van der Waals surface area contributed by atoms with Crippen molar-refractivity contribution < 1.29 is 43.1 Å². The van der Waals surface area contributed by atoms with Crippen LogP contribution in [0, 0.1) is 24.1 Å². The van der Waals surface area contributed by atoms with Crippen LogP contribution < -0.4 is 29.0 Å². The molecule has 0 atom stereocenters. The molecule has 8 heteroatoms. The topological polar surface area (TPSA) is 136 Å². The number of carbonyl (C=O) groups is 1. The van der Waals surface area contributed by atoms with Crippen molar-refractivity contribution in [1.29, 1.82) is 0 Å². The Bertz CT molecular complexity index is 728. The number of hydrogen-bond donors (Lipinski definition) is 1. The average Bonchev–Trinajstić information content (AvgIpc) is 2.42. The first-order chi connectivity index (χ1) is 10.6. The predicted molar refractivity (Wildman–Crippen MR) is 68.4 cm³/mol. The first kappa shape index (κ1) is 19.0. The Labute approximate surface area is 134 Å². The Kier molecular flexibility index (Phi) is 6.62. The van der Waals surface area contributed by atoms with E-state index in [1.165, 1.54) is 6.92 Å². The van der Waals surface area contributed by atoms with Crippen molar-refractivity contribution in [3.63, 3.8) is 0 Å². The van der Waals surface area contributed by atoms with E-state index in [1.54, 1.807) is 0 Å². The third-order valence-electron chi connectivity index (χ3n) is 2.84. The molecular weight excluding hydrogens is 326 g/mol. The van der Waals surface area contributed by atoms with Gasteiger partial charge in [0.1, 0.15) is 11.5 Å². The van der Waals surface area contributed by atoms with Gasteiger partial charge in [0.25, 0.3) is 0 Å². The molecule has 0 aliphatic rings. The SMILES string of the molecule is CC(=O)[NH+]=c1cc(-c2ccccc2)oc(C)c1C.[O-][Cl+3]([O-])([O-])[O-]. The molecule has 0 saturated heterocycles. The third kappa shape index (κ3) is 7.18. The summed E-state index contributed by atoms with van der Waals surface area (Å²) in [5.74, 6) is 1.48. The van der Waals surface area contributed by atoms with E-state index in [0.29, 0.717) is 0 Å². The first-order valence-electron chi connectivity index (χ1n) is 6.47. The zero-order valence-electron chi connectivity index (χ0n) is 12.8. The summed E-state index contributed by atoms with van der Waals surface area (Å²) in [6.45, 7) is 5.33. The summed E-state index contributed by atoms with van der Waals surface area (Å²) in [5, 5.41) is 0.796. The molecule has 23 heavy (non-hydrogen) atoms. The standard InChI is InChI=1S/C15H15NO2.ClHO4/c1-10-11(2)18-15(9-14(10)16-12(3)17)13-7-5-4-6-8-13;2-1(3,4)5/h4-9H,1-3H3;(H,2,3,4,5). The maximum atomic E-state index is 11.2. The van der Waals surface area contributed by atoms with Crippen molar-refractivity contribution in [2.75, 3.05) is 0 Å². The van der Waals surface area contributed by atoms with E-state index >= 15 is 0 Å². The van der Waals surface area contributed by atoms with Crippen molar-refractivity contribution in [3.8, 4) is 11.3 Å². The van der Waals surface area contributed by atoms with Crippen molar-refractivity contribution >= 4 is 5.91 Å².